The largest absolute Gasteiger partial charge is 0.495 e. The zero-order valence-electron chi connectivity index (χ0n) is 13.6. The molecule has 0 fully saturated rings. The first-order valence-corrected chi connectivity index (χ1v) is 7.20. The Kier molecular flexibility index (Phi) is 5.05. The normalized spacial score (nSPS) is 11.7. The number of nitrogens with one attached hydrogen (secondary N) is 1. The third-order valence-corrected chi connectivity index (χ3v) is 3.42. The van der Waals surface area contributed by atoms with Crippen molar-refractivity contribution < 1.29 is 19.1 Å². The molecule has 0 bridgehead atoms. The first kappa shape index (κ1) is 16.6. The molecular formula is C17H20N2O4. The van der Waals surface area contributed by atoms with E-state index < -0.39 is 18.0 Å². The van der Waals surface area contributed by atoms with E-state index in [1.54, 1.807) is 42.1 Å². The van der Waals surface area contributed by atoms with Crippen LogP contribution in [0.2, 0.25) is 0 Å². The summed E-state index contributed by atoms with van der Waals surface area (Å²) in [7, 11) is 3.26. The van der Waals surface area contributed by atoms with Crippen molar-refractivity contribution in [3.05, 3.63) is 47.8 Å². The molecule has 23 heavy (non-hydrogen) atoms. The predicted molar refractivity (Wildman–Crippen MR) is 86.7 cm³/mol. The van der Waals surface area contributed by atoms with Crippen LogP contribution < -0.4 is 10.1 Å². The number of methoxy groups -OCH3 is 1. The van der Waals surface area contributed by atoms with E-state index in [-0.39, 0.29) is 0 Å². The molecule has 1 heterocycles. The minimum Gasteiger partial charge on any atom is -0.495 e. The molecule has 6 nitrogen and oxygen atoms in total. The SMILES string of the molecule is COc1ccc(C)cc1NC(=O)[C@H](C)OC(=O)c1cccn1C. The van der Waals surface area contributed by atoms with Crippen LogP contribution in [-0.4, -0.2) is 29.7 Å². The topological polar surface area (TPSA) is 69.6 Å². The minimum absolute atomic E-state index is 0.387. The molecule has 1 N–H and O–H groups in total. The van der Waals surface area contributed by atoms with E-state index >= 15 is 0 Å². The standard InChI is InChI=1S/C17H20N2O4/c1-11-7-8-15(22-4)13(10-11)18-16(20)12(2)23-17(21)14-6-5-9-19(14)3/h5-10,12H,1-4H3,(H,18,20)/t12-/m0/s1. The van der Waals surface area contributed by atoms with Gasteiger partial charge in [-0.05, 0) is 43.7 Å². The second-order valence-corrected chi connectivity index (χ2v) is 5.24. The maximum Gasteiger partial charge on any atom is 0.355 e. The van der Waals surface area contributed by atoms with E-state index in [4.69, 9.17) is 9.47 Å². The summed E-state index contributed by atoms with van der Waals surface area (Å²) in [4.78, 5) is 24.3. The number of esters is 1. The smallest absolute Gasteiger partial charge is 0.355 e. The van der Waals surface area contributed by atoms with Gasteiger partial charge in [0.1, 0.15) is 11.4 Å². The first-order chi connectivity index (χ1) is 10.9. The molecule has 2 aromatic rings. The van der Waals surface area contributed by atoms with Crippen LogP contribution >= 0.6 is 0 Å². The summed E-state index contributed by atoms with van der Waals surface area (Å²) in [6, 6.07) is 8.82. The number of benzene rings is 1. The Balaban J connectivity index is 2.04. The average molecular weight is 316 g/mol. The molecule has 6 heteroatoms. The lowest BCUT2D eigenvalue weighted by atomic mass is 10.2. The number of hydrogen-bond acceptors (Lipinski definition) is 4. The predicted octanol–water partition coefficient (Wildman–Crippen LogP) is 2.53. The van der Waals surface area contributed by atoms with Crippen LogP contribution in [0.3, 0.4) is 0 Å². The molecule has 0 aliphatic heterocycles. The molecule has 0 unspecified atom stereocenters. The Bertz CT molecular complexity index is 721. The summed E-state index contributed by atoms with van der Waals surface area (Å²) in [5.41, 5.74) is 1.91. The van der Waals surface area contributed by atoms with Gasteiger partial charge in [0.25, 0.3) is 5.91 Å². The number of nitrogens with zero attached hydrogens (tertiary/aromatic N) is 1. The van der Waals surface area contributed by atoms with Gasteiger partial charge in [-0.25, -0.2) is 4.79 Å². The molecule has 1 amide bonds. The number of anilines is 1. The number of amides is 1. The molecule has 122 valence electrons. The second-order valence-electron chi connectivity index (χ2n) is 5.24. The molecule has 0 aliphatic carbocycles. The fourth-order valence-electron chi connectivity index (χ4n) is 2.10. The number of aromatic nitrogens is 1. The van der Waals surface area contributed by atoms with E-state index in [2.05, 4.69) is 5.32 Å². The van der Waals surface area contributed by atoms with Crippen LogP contribution in [0, 0.1) is 6.92 Å². The number of aryl methyl sites for hydroxylation is 2. The second kappa shape index (κ2) is 7.00. The first-order valence-electron chi connectivity index (χ1n) is 7.20. The van der Waals surface area contributed by atoms with Crippen molar-refractivity contribution >= 4 is 17.6 Å². The Hall–Kier alpha value is -2.76. The van der Waals surface area contributed by atoms with E-state index in [0.717, 1.165) is 5.56 Å². The van der Waals surface area contributed by atoms with E-state index in [9.17, 15) is 9.59 Å². The Morgan fingerprint density at radius 2 is 2.00 bits per heavy atom. The van der Waals surface area contributed by atoms with Gasteiger partial charge < -0.3 is 19.4 Å². The monoisotopic (exact) mass is 316 g/mol. The fraction of sp³-hybridized carbons (Fsp3) is 0.294. The van der Waals surface area contributed by atoms with Crippen molar-refractivity contribution in [2.75, 3.05) is 12.4 Å². The van der Waals surface area contributed by atoms with Crippen LogP contribution in [0.15, 0.2) is 36.5 Å². The van der Waals surface area contributed by atoms with E-state index in [1.807, 2.05) is 13.0 Å². The Labute approximate surface area is 135 Å². The van der Waals surface area contributed by atoms with Gasteiger partial charge >= 0.3 is 5.97 Å². The number of carbonyl (C=O) groups excluding carboxylic acids is 2. The van der Waals surface area contributed by atoms with E-state index in [1.165, 1.54) is 14.0 Å². The van der Waals surface area contributed by atoms with Gasteiger partial charge in [-0.3, -0.25) is 4.79 Å². The fourth-order valence-corrected chi connectivity index (χ4v) is 2.10. The van der Waals surface area contributed by atoms with Crippen LogP contribution in [0.5, 0.6) is 5.75 Å². The summed E-state index contributed by atoms with van der Waals surface area (Å²) in [5, 5.41) is 2.72. The van der Waals surface area contributed by atoms with Gasteiger partial charge in [0.2, 0.25) is 0 Å². The highest BCUT2D eigenvalue weighted by molar-refractivity contribution is 5.97. The third kappa shape index (κ3) is 3.91. The molecule has 0 saturated carbocycles. The molecule has 2 rings (SSSR count). The minimum atomic E-state index is -0.928. The van der Waals surface area contributed by atoms with Crippen molar-refractivity contribution in [1.82, 2.24) is 4.57 Å². The van der Waals surface area contributed by atoms with Gasteiger partial charge in [0.05, 0.1) is 12.8 Å². The van der Waals surface area contributed by atoms with Gasteiger partial charge in [-0.2, -0.15) is 0 Å². The van der Waals surface area contributed by atoms with Crippen molar-refractivity contribution in [3.8, 4) is 5.75 Å². The van der Waals surface area contributed by atoms with Gasteiger partial charge in [-0.15, -0.1) is 0 Å². The highest BCUT2D eigenvalue weighted by Crippen LogP contribution is 2.25. The quantitative estimate of drug-likeness (QED) is 0.861. The van der Waals surface area contributed by atoms with Crippen LogP contribution in [0.4, 0.5) is 5.69 Å². The number of hydrogen-bond donors (Lipinski definition) is 1. The van der Waals surface area contributed by atoms with Gasteiger partial charge in [-0.1, -0.05) is 6.07 Å². The van der Waals surface area contributed by atoms with Crippen LogP contribution in [0.1, 0.15) is 23.0 Å². The van der Waals surface area contributed by atoms with Crippen LogP contribution in [0.25, 0.3) is 0 Å². The summed E-state index contributed by atoms with van der Waals surface area (Å²) in [6.07, 6.45) is 0.807. The lowest BCUT2D eigenvalue weighted by Gasteiger charge is -2.15. The summed E-state index contributed by atoms with van der Waals surface area (Å²) < 4.78 is 12.0. The van der Waals surface area contributed by atoms with Crippen molar-refractivity contribution in [1.29, 1.82) is 0 Å². The Morgan fingerprint density at radius 1 is 1.26 bits per heavy atom. The summed E-state index contributed by atoms with van der Waals surface area (Å²) >= 11 is 0. The molecule has 0 saturated heterocycles. The maximum absolute atomic E-state index is 12.2. The molecule has 0 radical (unpaired) electrons. The Morgan fingerprint density at radius 3 is 2.61 bits per heavy atom. The lowest BCUT2D eigenvalue weighted by Crippen LogP contribution is -2.30. The van der Waals surface area contributed by atoms with Crippen LogP contribution in [-0.2, 0) is 16.6 Å². The van der Waals surface area contributed by atoms with Crippen molar-refractivity contribution in [2.24, 2.45) is 7.05 Å². The molecule has 1 atom stereocenters. The summed E-state index contributed by atoms with van der Waals surface area (Å²) in [5.74, 6) is -0.419. The highest BCUT2D eigenvalue weighted by Gasteiger charge is 2.21. The van der Waals surface area contributed by atoms with Crippen molar-refractivity contribution in [3.63, 3.8) is 0 Å². The third-order valence-electron chi connectivity index (χ3n) is 3.42. The number of ether oxygens (including phenoxy) is 2. The van der Waals surface area contributed by atoms with Crippen molar-refractivity contribution in [2.45, 2.75) is 20.0 Å². The van der Waals surface area contributed by atoms with Gasteiger partial charge in [0, 0.05) is 13.2 Å². The zero-order chi connectivity index (χ0) is 17.0. The molecule has 0 spiro atoms. The van der Waals surface area contributed by atoms with E-state index in [0.29, 0.717) is 17.1 Å². The van der Waals surface area contributed by atoms with Gasteiger partial charge in [0.15, 0.2) is 6.10 Å². The number of carbonyl (C=O) groups is 2. The average Bonchev–Trinajstić information content (AvgIpc) is 2.93. The maximum atomic E-state index is 12.2. The highest BCUT2D eigenvalue weighted by atomic mass is 16.5. The zero-order valence-corrected chi connectivity index (χ0v) is 13.6. The lowest BCUT2D eigenvalue weighted by molar-refractivity contribution is -0.123. The molecule has 0 aliphatic rings. The number of rotatable bonds is 5. The summed E-state index contributed by atoms with van der Waals surface area (Å²) in [6.45, 7) is 3.44. The molecule has 1 aromatic carbocycles. The molecular weight excluding hydrogens is 296 g/mol. The molecule has 1 aromatic heterocycles.